The minimum atomic E-state index is -0.279. The number of aromatic nitrogens is 1. The van der Waals surface area contributed by atoms with Crippen molar-refractivity contribution < 1.29 is 0 Å². The zero-order valence-electron chi connectivity index (χ0n) is 31.8. The third-order valence-electron chi connectivity index (χ3n) is 12.5. The fraction of sp³-hybridized carbons (Fsp3) is 0.154. The van der Waals surface area contributed by atoms with Crippen molar-refractivity contribution in [1.29, 1.82) is 0 Å². The molecule has 0 bridgehead atoms. The van der Waals surface area contributed by atoms with Gasteiger partial charge < -0.3 is 14.4 Å². The van der Waals surface area contributed by atoms with Gasteiger partial charge in [-0.2, -0.15) is 0 Å². The van der Waals surface area contributed by atoms with Gasteiger partial charge in [-0.05, 0) is 107 Å². The molecule has 55 heavy (non-hydrogen) atoms. The Bertz CT molecular complexity index is 2740. The molecule has 0 N–H and O–H groups in total. The number of nitrogens with zero attached hydrogens (tertiary/aromatic N) is 3. The lowest BCUT2D eigenvalue weighted by molar-refractivity contribution is 0.645. The van der Waals surface area contributed by atoms with E-state index in [0.29, 0.717) is 6.04 Å². The molecular formula is C52H45N3. The first-order valence-electron chi connectivity index (χ1n) is 19.7. The molecule has 1 unspecified atom stereocenters. The summed E-state index contributed by atoms with van der Waals surface area (Å²) in [5, 5.41) is 3.78. The molecular weight excluding hydrogens is 667 g/mol. The molecule has 1 heterocycles. The van der Waals surface area contributed by atoms with Crippen molar-refractivity contribution >= 4 is 40.0 Å². The molecule has 0 fully saturated rings. The number of hydrogen-bond acceptors (Lipinski definition) is 2. The van der Waals surface area contributed by atoms with E-state index in [-0.39, 0.29) is 5.41 Å². The fourth-order valence-electron chi connectivity index (χ4n) is 9.88. The summed E-state index contributed by atoms with van der Waals surface area (Å²) in [6.45, 7) is 2.94. The molecule has 0 saturated heterocycles. The highest BCUT2D eigenvalue weighted by Gasteiger charge is 2.53. The van der Waals surface area contributed by atoms with Crippen molar-refractivity contribution in [2.24, 2.45) is 0 Å². The predicted molar refractivity (Wildman–Crippen MR) is 233 cm³/mol. The third kappa shape index (κ3) is 5.03. The highest BCUT2D eigenvalue weighted by atomic mass is 15.1. The number of benzene rings is 6. The molecule has 3 aliphatic carbocycles. The third-order valence-corrected chi connectivity index (χ3v) is 12.5. The molecule has 1 aromatic heterocycles. The maximum Gasteiger partial charge on any atom is 0.0722 e. The summed E-state index contributed by atoms with van der Waals surface area (Å²) in [7, 11) is 4.46. The average molecular weight is 712 g/mol. The average Bonchev–Trinajstić information content (AvgIpc) is 3.75. The fourth-order valence-corrected chi connectivity index (χ4v) is 9.88. The van der Waals surface area contributed by atoms with Gasteiger partial charge in [-0.25, -0.2) is 0 Å². The van der Waals surface area contributed by atoms with E-state index < -0.39 is 0 Å². The zero-order chi connectivity index (χ0) is 37.1. The first kappa shape index (κ1) is 33.3. The van der Waals surface area contributed by atoms with Crippen LogP contribution in [-0.4, -0.2) is 31.2 Å². The normalized spacial score (nSPS) is 17.0. The lowest BCUT2D eigenvalue weighted by Gasteiger charge is -2.31. The second kappa shape index (κ2) is 13.2. The van der Waals surface area contributed by atoms with Crippen molar-refractivity contribution in [3.05, 3.63) is 202 Å². The molecule has 3 nitrogen and oxygen atoms in total. The molecule has 10 rings (SSSR count). The topological polar surface area (TPSA) is 11.4 Å². The minimum Gasteiger partial charge on any atom is -0.371 e. The maximum absolute atomic E-state index is 2.58. The Kier molecular flexibility index (Phi) is 7.99. The molecule has 0 aliphatic heterocycles. The molecule has 268 valence electrons. The van der Waals surface area contributed by atoms with E-state index in [2.05, 4.69) is 211 Å². The van der Waals surface area contributed by atoms with Gasteiger partial charge in [0.15, 0.2) is 0 Å². The van der Waals surface area contributed by atoms with Crippen LogP contribution in [0.1, 0.15) is 42.0 Å². The molecule has 0 amide bonds. The summed E-state index contributed by atoms with van der Waals surface area (Å²) in [5.74, 6) is 0. The summed E-state index contributed by atoms with van der Waals surface area (Å²) in [4.78, 5) is 4.83. The van der Waals surface area contributed by atoms with E-state index in [1.54, 1.807) is 0 Å². The summed E-state index contributed by atoms with van der Waals surface area (Å²) in [5.41, 5.74) is 15.8. The van der Waals surface area contributed by atoms with Crippen molar-refractivity contribution in [3.63, 3.8) is 0 Å². The van der Waals surface area contributed by atoms with Crippen LogP contribution in [-0.2, 0) is 5.41 Å². The van der Waals surface area contributed by atoms with Crippen molar-refractivity contribution in [2.75, 3.05) is 30.4 Å². The number of hydrogen-bond donors (Lipinski definition) is 0. The highest BCUT2D eigenvalue weighted by Crippen LogP contribution is 2.64. The van der Waals surface area contributed by atoms with Crippen molar-refractivity contribution in [1.82, 2.24) is 4.57 Å². The molecule has 3 heteroatoms. The van der Waals surface area contributed by atoms with Crippen LogP contribution in [0.4, 0.5) is 11.4 Å². The van der Waals surface area contributed by atoms with Crippen LogP contribution in [0.25, 0.3) is 45.4 Å². The van der Waals surface area contributed by atoms with Gasteiger partial charge in [-0.3, -0.25) is 0 Å². The van der Waals surface area contributed by atoms with Crippen molar-refractivity contribution in [2.45, 2.75) is 31.2 Å². The number of allylic oxidation sites excluding steroid dienone is 2. The summed E-state index contributed by atoms with van der Waals surface area (Å²) >= 11 is 0. The van der Waals surface area contributed by atoms with E-state index in [4.69, 9.17) is 0 Å². The Hall–Kier alpha value is -6.32. The second-order valence-electron chi connectivity index (χ2n) is 15.2. The van der Waals surface area contributed by atoms with Crippen LogP contribution in [0.3, 0.4) is 0 Å². The largest absolute Gasteiger partial charge is 0.371 e. The van der Waals surface area contributed by atoms with Gasteiger partial charge in [-0.1, -0.05) is 133 Å². The SMILES string of the molecule is C/C=c1\c(=C/CN(C)c2ccc(N(C)C3CC=C4C(=CC3)C3(c5ccccc54)c4ccccc4-c4ccccc43)cc2)c2ccccc2n1-c1ccccc1. The van der Waals surface area contributed by atoms with Crippen LogP contribution >= 0.6 is 0 Å². The summed E-state index contributed by atoms with van der Waals surface area (Å²) < 4.78 is 2.38. The number of fused-ring (bicyclic) bond motifs is 11. The van der Waals surface area contributed by atoms with Gasteiger partial charge in [-0.15, -0.1) is 0 Å². The van der Waals surface area contributed by atoms with Crippen LogP contribution in [0.15, 0.2) is 169 Å². The van der Waals surface area contributed by atoms with E-state index in [9.17, 15) is 0 Å². The van der Waals surface area contributed by atoms with Crippen LogP contribution in [0.2, 0.25) is 0 Å². The minimum absolute atomic E-state index is 0.279. The molecule has 1 atom stereocenters. The number of rotatable bonds is 6. The smallest absolute Gasteiger partial charge is 0.0722 e. The van der Waals surface area contributed by atoms with E-state index in [1.807, 2.05) is 0 Å². The van der Waals surface area contributed by atoms with E-state index in [0.717, 1.165) is 19.4 Å². The van der Waals surface area contributed by atoms with Crippen LogP contribution in [0, 0.1) is 0 Å². The Morgan fingerprint density at radius 3 is 1.87 bits per heavy atom. The zero-order valence-corrected chi connectivity index (χ0v) is 31.8. The van der Waals surface area contributed by atoms with E-state index in [1.165, 1.54) is 83.1 Å². The lowest BCUT2D eigenvalue weighted by atomic mass is 9.70. The standard InChI is InChI=1S/C52H45N3/c1-4-50-45(44-21-11-15-25-51(44)55(50)39-16-6-5-7-17-39)34-35-53(2)36-26-28-37(29-27-36)54(3)38-30-32-43-42-20-10-14-24-48(42)52(49(43)33-31-38)46-22-12-8-18-40(46)41-19-9-13-23-47(41)52/h4-29,32-34,38H,30-31,35H2,1-3H3/b45-34-,50-4+. The van der Waals surface area contributed by atoms with Gasteiger partial charge >= 0.3 is 0 Å². The molecule has 0 radical (unpaired) electrons. The molecule has 1 spiro atoms. The molecule has 0 saturated carbocycles. The van der Waals surface area contributed by atoms with Gasteiger partial charge in [0.2, 0.25) is 0 Å². The van der Waals surface area contributed by atoms with E-state index >= 15 is 0 Å². The lowest BCUT2D eigenvalue weighted by Crippen LogP contribution is -2.31. The summed E-state index contributed by atoms with van der Waals surface area (Å²) in [6, 6.07) is 56.2. The monoisotopic (exact) mass is 711 g/mol. The van der Waals surface area contributed by atoms with Crippen molar-refractivity contribution in [3.8, 4) is 16.8 Å². The van der Waals surface area contributed by atoms with Gasteiger partial charge in [0.05, 0.1) is 10.9 Å². The molecule has 7 aromatic rings. The van der Waals surface area contributed by atoms with Gasteiger partial charge in [0.1, 0.15) is 0 Å². The highest BCUT2D eigenvalue weighted by molar-refractivity contribution is 6.00. The summed E-state index contributed by atoms with van der Waals surface area (Å²) in [6.07, 6.45) is 11.7. The first-order chi connectivity index (χ1) is 27.1. The number of anilines is 2. The number of para-hydroxylation sites is 2. The van der Waals surface area contributed by atoms with Gasteiger partial charge in [0, 0.05) is 59.7 Å². The second-order valence-corrected chi connectivity index (χ2v) is 15.2. The Balaban J connectivity index is 0.938. The van der Waals surface area contributed by atoms with Crippen LogP contribution < -0.4 is 20.4 Å². The maximum atomic E-state index is 2.58. The van der Waals surface area contributed by atoms with Gasteiger partial charge in [0.25, 0.3) is 0 Å². The Morgan fingerprint density at radius 1 is 0.618 bits per heavy atom. The first-order valence-corrected chi connectivity index (χ1v) is 19.7. The predicted octanol–water partition coefficient (Wildman–Crippen LogP) is 10.3. The quantitative estimate of drug-likeness (QED) is 0.170. The Morgan fingerprint density at radius 2 is 1.18 bits per heavy atom. The molecule has 6 aromatic carbocycles. The molecule has 3 aliphatic rings. The Labute approximate surface area is 324 Å². The van der Waals surface area contributed by atoms with Crippen LogP contribution in [0.5, 0.6) is 0 Å².